The lowest BCUT2D eigenvalue weighted by molar-refractivity contribution is -0.125. The fourth-order valence-electron chi connectivity index (χ4n) is 3.36. The quantitative estimate of drug-likeness (QED) is 0.783. The van der Waals surface area contributed by atoms with E-state index in [0.717, 1.165) is 37.2 Å². The Balaban J connectivity index is 1.82. The third-order valence-electron chi connectivity index (χ3n) is 4.70. The molecule has 1 atom stereocenters. The predicted molar refractivity (Wildman–Crippen MR) is 103 cm³/mol. The molecule has 1 aromatic carbocycles. The molecule has 0 aliphatic carbocycles. The highest BCUT2D eigenvalue weighted by Gasteiger charge is 2.32. The Kier molecular flexibility index (Phi) is 7.17. The van der Waals surface area contributed by atoms with E-state index in [0.29, 0.717) is 19.1 Å². The first-order valence-corrected chi connectivity index (χ1v) is 9.30. The third-order valence-corrected chi connectivity index (χ3v) is 4.70. The van der Waals surface area contributed by atoms with Crippen molar-refractivity contribution in [2.24, 2.45) is 0 Å². The van der Waals surface area contributed by atoms with Crippen LogP contribution >= 0.6 is 0 Å². The summed E-state index contributed by atoms with van der Waals surface area (Å²) in [5.74, 6) is -0.0657. The summed E-state index contributed by atoms with van der Waals surface area (Å²) < 4.78 is 5.78. The fourth-order valence-corrected chi connectivity index (χ4v) is 3.36. The van der Waals surface area contributed by atoms with Gasteiger partial charge in [0.15, 0.2) is 0 Å². The Morgan fingerprint density at radius 2 is 1.96 bits per heavy atom. The van der Waals surface area contributed by atoms with Crippen LogP contribution < -0.4 is 10.6 Å². The molecule has 0 bridgehead atoms. The molecule has 1 fully saturated rings. The zero-order valence-corrected chi connectivity index (χ0v) is 16.3. The molecule has 1 aliphatic rings. The Morgan fingerprint density at radius 1 is 1.27 bits per heavy atom. The number of likely N-dealkylation sites (N-methyl/N-ethyl adjacent to an activating group) is 1. The van der Waals surface area contributed by atoms with E-state index in [-0.39, 0.29) is 17.4 Å². The number of amides is 2. The zero-order chi connectivity index (χ0) is 19.2. The van der Waals surface area contributed by atoms with E-state index >= 15 is 0 Å². The van der Waals surface area contributed by atoms with Crippen LogP contribution in [0.5, 0.6) is 0 Å². The molecule has 6 nitrogen and oxygen atoms in total. The molecule has 2 amide bonds. The van der Waals surface area contributed by atoms with Gasteiger partial charge in [-0.1, -0.05) is 19.1 Å². The Hall–Kier alpha value is -1.92. The molecule has 26 heavy (non-hydrogen) atoms. The highest BCUT2D eigenvalue weighted by molar-refractivity contribution is 5.88. The van der Waals surface area contributed by atoms with Gasteiger partial charge in [0, 0.05) is 31.8 Å². The monoisotopic (exact) mass is 361 g/mol. The number of hydrogen-bond acceptors (Lipinski definition) is 4. The lowest BCUT2D eigenvalue weighted by Gasteiger charge is -2.40. The summed E-state index contributed by atoms with van der Waals surface area (Å²) in [7, 11) is 0. The summed E-state index contributed by atoms with van der Waals surface area (Å²) in [5.41, 5.74) is 1.64. The number of anilines is 1. The zero-order valence-electron chi connectivity index (χ0n) is 16.3. The van der Waals surface area contributed by atoms with Gasteiger partial charge < -0.3 is 15.4 Å². The number of carbonyl (C=O) groups is 2. The van der Waals surface area contributed by atoms with Crippen LogP contribution in [-0.2, 0) is 20.9 Å². The maximum Gasteiger partial charge on any atom is 0.234 e. The van der Waals surface area contributed by atoms with Gasteiger partial charge in [0.2, 0.25) is 11.8 Å². The largest absolute Gasteiger partial charge is 0.375 e. The van der Waals surface area contributed by atoms with Crippen molar-refractivity contribution in [1.82, 2.24) is 10.2 Å². The molecule has 0 spiro atoms. The van der Waals surface area contributed by atoms with Crippen molar-refractivity contribution in [3.05, 3.63) is 29.8 Å². The fraction of sp³-hybridized carbons (Fsp3) is 0.600. The highest BCUT2D eigenvalue weighted by Crippen LogP contribution is 2.27. The number of benzene rings is 1. The van der Waals surface area contributed by atoms with E-state index in [2.05, 4.69) is 36.3 Å². The molecule has 0 radical (unpaired) electrons. The summed E-state index contributed by atoms with van der Waals surface area (Å²) in [5, 5.41) is 5.71. The van der Waals surface area contributed by atoms with Crippen LogP contribution in [0.1, 0.15) is 46.1 Å². The molecule has 1 aliphatic heterocycles. The van der Waals surface area contributed by atoms with Crippen molar-refractivity contribution >= 4 is 17.5 Å². The van der Waals surface area contributed by atoms with E-state index < -0.39 is 0 Å². The van der Waals surface area contributed by atoms with Gasteiger partial charge >= 0.3 is 0 Å². The highest BCUT2D eigenvalue weighted by atomic mass is 16.5. The summed E-state index contributed by atoms with van der Waals surface area (Å²) in [6.45, 7) is 10.3. The number of nitrogens with one attached hydrogen (secondary N) is 2. The Labute approximate surface area is 156 Å². The molecule has 0 saturated carbocycles. The van der Waals surface area contributed by atoms with E-state index in [4.69, 9.17) is 4.74 Å². The number of hydrogen-bond donors (Lipinski definition) is 2. The number of carbonyl (C=O) groups excluding carboxylic acids is 2. The second-order valence-corrected chi connectivity index (χ2v) is 7.47. The summed E-state index contributed by atoms with van der Waals surface area (Å²) >= 11 is 0. The van der Waals surface area contributed by atoms with Crippen molar-refractivity contribution < 1.29 is 14.3 Å². The molecular formula is C20H31N3O3. The average Bonchev–Trinajstić information content (AvgIpc) is 2.57. The van der Waals surface area contributed by atoms with E-state index in [1.54, 1.807) is 0 Å². The smallest absolute Gasteiger partial charge is 0.234 e. The molecule has 2 N–H and O–H groups in total. The van der Waals surface area contributed by atoms with Gasteiger partial charge in [-0.15, -0.1) is 0 Å². The van der Waals surface area contributed by atoms with Crippen LogP contribution in [0.25, 0.3) is 0 Å². The SMILES string of the molecule is CCN(CC(=O)NCc1ccc(NC(C)=O)cc1)[C@H]1CCOC(C)(C)C1. The second kappa shape index (κ2) is 9.14. The molecule has 1 aromatic rings. The van der Waals surface area contributed by atoms with Crippen molar-refractivity contribution in [1.29, 1.82) is 0 Å². The van der Waals surface area contributed by atoms with Crippen molar-refractivity contribution in [2.45, 2.75) is 58.7 Å². The average molecular weight is 361 g/mol. The lowest BCUT2D eigenvalue weighted by Crippen LogP contribution is -2.49. The molecule has 144 valence electrons. The van der Waals surface area contributed by atoms with Crippen LogP contribution in [0.3, 0.4) is 0 Å². The van der Waals surface area contributed by atoms with Crippen molar-refractivity contribution in [2.75, 3.05) is 25.0 Å². The van der Waals surface area contributed by atoms with Gasteiger partial charge in [-0.05, 0) is 50.9 Å². The van der Waals surface area contributed by atoms with Crippen LogP contribution in [0, 0.1) is 0 Å². The van der Waals surface area contributed by atoms with Crippen molar-refractivity contribution in [3.8, 4) is 0 Å². The van der Waals surface area contributed by atoms with E-state index in [9.17, 15) is 9.59 Å². The predicted octanol–water partition coefficient (Wildman–Crippen LogP) is 2.54. The lowest BCUT2D eigenvalue weighted by atomic mass is 9.93. The Morgan fingerprint density at radius 3 is 2.54 bits per heavy atom. The molecular weight excluding hydrogens is 330 g/mol. The first-order valence-electron chi connectivity index (χ1n) is 9.30. The molecule has 1 saturated heterocycles. The van der Waals surface area contributed by atoms with Crippen LogP contribution in [0.4, 0.5) is 5.69 Å². The maximum atomic E-state index is 12.4. The standard InChI is InChI=1S/C20H31N3O3/c1-5-23(18-10-11-26-20(3,4)12-18)14-19(25)21-13-16-6-8-17(9-7-16)22-15(2)24/h6-9,18H,5,10-14H2,1-4H3,(H,21,25)(H,22,24)/t18-/m0/s1. The van der Waals surface area contributed by atoms with Gasteiger partial charge in [0.05, 0.1) is 12.1 Å². The topological polar surface area (TPSA) is 70.7 Å². The van der Waals surface area contributed by atoms with Crippen LogP contribution in [0.2, 0.25) is 0 Å². The van der Waals surface area contributed by atoms with Gasteiger partial charge in [-0.3, -0.25) is 14.5 Å². The first-order chi connectivity index (χ1) is 12.3. The Bertz CT molecular complexity index is 613. The van der Waals surface area contributed by atoms with E-state index in [1.165, 1.54) is 6.92 Å². The minimum absolute atomic E-state index is 0.0297. The van der Waals surface area contributed by atoms with E-state index in [1.807, 2.05) is 24.3 Å². The maximum absolute atomic E-state index is 12.4. The molecule has 1 heterocycles. The minimum Gasteiger partial charge on any atom is -0.375 e. The molecule has 0 unspecified atom stereocenters. The summed E-state index contributed by atoms with van der Waals surface area (Å²) in [6, 6.07) is 7.87. The van der Waals surface area contributed by atoms with Gasteiger partial charge in [0.1, 0.15) is 0 Å². The molecule has 2 rings (SSSR count). The minimum atomic E-state index is -0.123. The second-order valence-electron chi connectivity index (χ2n) is 7.47. The number of nitrogens with zero attached hydrogens (tertiary/aromatic N) is 1. The van der Waals surface area contributed by atoms with Crippen LogP contribution in [-0.4, -0.2) is 48.1 Å². The number of rotatable bonds is 7. The third kappa shape index (κ3) is 6.42. The van der Waals surface area contributed by atoms with Gasteiger partial charge in [-0.2, -0.15) is 0 Å². The molecule has 6 heteroatoms. The van der Waals surface area contributed by atoms with Gasteiger partial charge in [-0.25, -0.2) is 0 Å². The summed E-state index contributed by atoms with van der Waals surface area (Å²) in [4.78, 5) is 25.6. The first kappa shape index (κ1) is 20.4. The van der Waals surface area contributed by atoms with Gasteiger partial charge in [0.25, 0.3) is 0 Å². The summed E-state index contributed by atoms with van der Waals surface area (Å²) in [6.07, 6.45) is 1.91. The number of ether oxygens (including phenoxy) is 1. The normalized spacial score (nSPS) is 19.2. The molecule has 0 aromatic heterocycles. The van der Waals surface area contributed by atoms with Crippen LogP contribution in [0.15, 0.2) is 24.3 Å². The van der Waals surface area contributed by atoms with Crippen molar-refractivity contribution in [3.63, 3.8) is 0 Å².